The van der Waals surface area contributed by atoms with Crippen LogP contribution < -0.4 is 5.73 Å². The van der Waals surface area contributed by atoms with Crippen molar-refractivity contribution in [3.05, 3.63) is 53.4 Å². The van der Waals surface area contributed by atoms with Gasteiger partial charge < -0.3 is 20.3 Å². The Kier molecular flexibility index (Phi) is 5.60. The zero-order valence-electron chi connectivity index (χ0n) is 15.5. The van der Waals surface area contributed by atoms with Crippen molar-refractivity contribution in [3.8, 4) is 0 Å². The molecule has 1 aliphatic rings. The molecule has 2 amide bonds. The number of carbonyl (C=O) groups is 2. The van der Waals surface area contributed by atoms with Gasteiger partial charge in [-0.15, -0.1) is 0 Å². The highest BCUT2D eigenvalue weighted by atomic mass is 16.5. The van der Waals surface area contributed by atoms with E-state index in [0.29, 0.717) is 12.2 Å². The van der Waals surface area contributed by atoms with E-state index in [0.717, 1.165) is 11.3 Å². The molecule has 3 atom stereocenters. The van der Waals surface area contributed by atoms with Crippen molar-refractivity contribution in [3.63, 3.8) is 0 Å². The van der Waals surface area contributed by atoms with Gasteiger partial charge in [0.1, 0.15) is 17.7 Å². The second kappa shape index (κ2) is 7.92. The molecule has 2 heterocycles. The van der Waals surface area contributed by atoms with Crippen LogP contribution in [-0.4, -0.2) is 45.7 Å². The molecular weight excluding hydrogens is 346 g/mol. The number of likely N-dealkylation sites (tertiary alicyclic amines) is 1. The summed E-state index contributed by atoms with van der Waals surface area (Å²) in [5.74, 6) is -1.07. The molecule has 1 aromatic heterocycles. The Morgan fingerprint density at radius 1 is 1.33 bits per heavy atom. The van der Waals surface area contributed by atoms with Crippen molar-refractivity contribution in [1.82, 2.24) is 10.1 Å². The van der Waals surface area contributed by atoms with Gasteiger partial charge in [-0.3, -0.25) is 9.59 Å². The molecule has 7 nitrogen and oxygen atoms in total. The Hall–Kier alpha value is -2.67. The number of aliphatic hydroxyl groups excluding tert-OH is 1. The van der Waals surface area contributed by atoms with E-state index in [1.807, 2.05) is 44.2 Å². The van der Waals surface area contributed by atoms with Crippen molar-refractivity contribution in [2.45, 2.75) is 44.8 Å². The molecule has 1 saturated heterocycles. The molecular formula is C20H25N3O4. The van der Waals surface area contributed by atoms with E-state index < -0.39 is 24.0 Å². The molecule has 27 heavy (non-hydrogen) atoms. The minimum absolute atomic E-state index is 0.0682. The average Bonchev–Trinajstić information content (AvgIpc) is 3.22. The third-order valence-electron chi connectivity index (χ3n) is 4.93. The van der Waals surface area contributed by atoms with Crippen molar-refractivity contribution in [2.24, 2.45) is 11.7 Å². The van der Waals surface area contributed by atoms with Crippen LogP contribution in [-0.2, 0) is 16.0 Å². The smallest absolute Gasteiger partial charge is 0.240 e. The number of aliphatic hydroxyl groups is 1. The molecule has 3 N–H and O–H groups in total. The number of carbonyl (C=O) groups excluding carboxylic acids is 2. The lowest BCUT2D eigenvalue weighted by Crippen LogP contribution is -2.46. The van der Waals surface area contributed by atoms with Gasteiger partial charge in [-0.25, -0.2) is 0 Å². The van der Waals surface area contributed by atoms with Crippen molar-refractivity contribution < 1.29 is 19.2 Å². The highest BCUT2D eigenvalue weighted by Crippen LogP contribution is 2.31. The van der Waals surface area contributed by atoms with E-state index in [4.69, 9.17) is 10.3 Å². The second-order valence-electron chi connectivity index (χ2n) is 7.40. The summed E-state index contributed by atoms with van der Waals surface area (Å²) in [6, 6.07) is 10.9. The molecule has 1 aliphatic heterocycles. The number of aromatic nitrogens is 1. The van der Waals surface area contributed by atoms with Crippen molar-refractivity contribution >= 4 is 11.8 Å². The van der Waals surface area contributed by atoms with Crippen LogP contribution in [0.5, 0.6) is 0 Å². The van der Waals surface area contributed by atoms with Gasteiger partial charge in [-0.2, -0.15) is 0 Å². The SMILES string of the molecule is CC(C)C(C(=O)N1CC(O)CC1C(N)=O)c1cc(Cc2ccccc2)no1. The third kappa shape index (κ3) is 4.19. The molecule has 144 valence electrons. The number of hydrogen-bond donors (Lipinski definition) is 2. The van der Waals surface area contributed by atoms with Gasteiger partial charge in [0.25, 0.3) is 0 Å². The first-order chi connectivity index (χ1) is 12.9. The summed E-state index contributed by atoms with van der Waals surface area (Å²) < 4.78 is 5.49. The summed E-state index contributed by atoms with van der Waals surface area (Å²) in [6.45, 7) is 3.92. The lowest BCUT2D eigenvalue weighted by atomic mass is 9.91. The maximum atomic E-state index is 13.1. The van der Waals surface area contributed by atoms with Crippen molar-refractivity contribution in [1.29, 1.82) is 0 Å². The highest BCUT2D eigenvalue weighted by molar-refractivity contribution is 5.90. The van der Waals surface area contributed by atoms with E-state index >= 15 is 0 Å². The number of β-amino-alcohol motifs (C(OH)–C–C–N with tert-alkyl or cyclic N) is 1. The van der Waals surface area contributed by atoms with Crippen molar-refractivity contribution in [2.75, 3.05) is 6.54 Å². The maximum Gasteiger partial charge on any atom is 0.240 e. The van der Waals surface area contributed by atoms with Gasteiger partial charge in [0.2, 0.25) is 11.8 Å². The number of primary amides is 1. The van der Waals surface area contributed by atoms with Crippen LogP contribution in [0, 0.1) is 5.92 Å². The Morgan fingerprint density at radius 3 is 2.67 bits per heavy atom. The molecule has 3 rings (SSSR count). The van der Waals surface area contributed by atoms with E-state index in [1.54, 1.807) is 6.07 Å². The normalized spacial score (nSPS) is 20.8. The predicted molar refractivity (Wildman–Crippen MR) is 98.6 cm³/mol. The summed E-state index contributed by atoms with van der Waals surface area (Å²) in [5.41, 5.74) is 7.25. The average molecular weight is 371 g/mol. The minimum Gasteiger partial charge on any atom is -0.391 e. The Bertz CT molecular complexity index is 803. The molecule has 7 heteroatoms. The molecule has 3 unspecified atom stereocenters. The summed E-state index contributed by atoms with van der Waals surface area (Å²) in [5, 5.41) is 14.0. The third-order valence-corrected chi connectivity index (χ3v) is 4.93. The van der Waals surface area contributed by atoms with Crippen LogP contribution in [0.4, 0.5) is 0 Å². The van der Waals surface area contributed by atoms with Crippen LogP contribution in [0.3, 0.4) is 0 Å². The number of rotatable bonds is 6. The molecule has 0 bridgehead atoms. The molecule has 0 aliphatic carbocycles. The zero-order chi connectivity index (χ0) is 19.6. The van der Waals surface area contributed by atoms with E-state index in [2.05, 4.69) is 5.16 Å². The van der Waals surface area contributed by atoms with Gasteiger partial charge in [-0.05, 0) is 11.5 Å². The minimum atomic E-state index is -0.791. The van der Waals surface area contributed by atoms with Crippen LogP contribution in [0.15, 0.2) is 40.9 Å². The predicted octanol–water partition coefficient (Wildman–Crippen LogP) is 1.45. The molecule has 1 aromatic carbocycles. The van der Waals surface area contributed by atoms with Gasteiger partial charge in [0, 0.05) is 25.5 Å². The van der Waals surface area contributed by atoms with E-state index in [-0.39, 0.29) is 24.8 Å². The van der Waals surface area contributed by atoms with E-state index in [9.17, 15) is 14.7 Å². The number of nitrogens with two attached hydrogens (primary N) is 1. The zero-order valence-corrected chi connectivity index (χ0v) is 15.5. The maximum absolute atomic E-state index is 13.1. The second-order valence-corrected chi connectivity index (χ2v) is 7.40. The fourth-order valence-electron chi connectivity index (χ4n) is 3.60. The quantitative estimate of drug-likeness (QED) is 0.799. The fraction of sp³-hybridized carbons (Fsp3) is 0.450. The molecule has 1 fully saturated rings. The van der Waals surface area contributed by atoms with Crippen LogP contribution in [0.1, 0.15) is 43.2 Å². The van der Waals surface area contributed by atoms with Crippen LogP contribution >= 0.6 is 0 Å². The van der Waals surface area contributed by atoms with Gasteiger partial charge in [0.15, 0.2) is 0 Å². The monoisotopic (exact) mass is 371 g/mol. The summed E-state index contributed by atoms with van der Waals surface area (Å²) in [4.78, 5) is 26.2. The first-order valence-corrected chi connectivity index (χ1v) is 9.14. The topological polar surface area (TPSA) is 110 Å². The number of benzene rings is 1. The largest absolute Gasteiger partial charge is 0.391 e. The Labute approximate surface area is 158 Å². The van der Waals surface area contributed by atoms with Crippen LogP contribution in [0.25, 0.3) is 0 Å². The number of hydrogen-bond acceptors (Lipinski definition) is 5. The van der Waals surface area contributed by atoms with E-state index in [1.165, 1.54) is 4.90 Å². The molecule has 2 aromatic rings. The summed E-state index contributed by atoms with van der Waals surface area (Å²) in [7, 11) is 0. The Balaban J connectivity index is 1.81. The Morgan fingerprint density at radius 2 is 2.04 bits per heavy atom. The fourth-order valence-corrected chi connectivity index (χ4v) is 3.60. The summed E-state index contributed by atoms with van der Waals surface area (Å²) >= 11 is 0. The number of nitrogens with zero attached hydrogens (tertiary/aromatic N) is 2. The lowest BCUT2D eigenvalue weighted by molar-refractivity contribution is -0.139. The standard InChI is InChI=1S/C20H25N3O4/c1-12(2)18(20(26)23-11-15(24)10-16(23)19(21)25)17-9-14(22-27-17)8-13-6-4-3-5-7-13/h3-7,9,12,15-16,18,24H,8,10-11H2,1-2H3,(H2,21,25). The van der Waals surface area contributed by atoms with Gasteiger partial charge in [0.05, 0.1) is 11.8 Å². The summed E-state index contributed by atoms with van der Waals surface area (Å²) in [6.07, 6.45) is 0.0275. The number of amides is 2. The molecule has 0 spiro atoms. The lowest BCUT2D eigenvalue weighted by Gasteiger charge is -2.27. The van der Waals surface area contributed by atoms with Gasteiger partial charge in [-0.1, -0.05) is 49.3 Å². The molecule has 0 radical (unpaired) electrons. The first-order valence-electron chi connectivity index (χ1n) is 9.14. The van der Waals surface area contributed by atoms with Crippen LogP contribution in [0.2, 0.25) is 0 Å². The highest BCUT2D eigenvalue weighted by Gasteiger charge is 2.42. The van der Waals surface area contributed by atoms with Gasteiger partial charge >= 0.3 is 0 Å². The molecule has 0 saturated carbocycles. The first kappa shape index (κ1) is 19.1.